The largest absolute Gasteiger partial charge is 0.356 e. The number of benzene rings is 1. The summed E-state index contributed by atoms with van der Waals surface area (Å²) < 4.78 is 1.62. The Kier molecular flexibility index (Phi) is 4.67. The predicted octanol–water partition coefficient (Wildman–Crippen LogP) is 3.02. The Morgan fingerprint density at radius 3 is 2.56 bits per heavy atom. The maximum atomic E-state index is 12.4. The van der Waals surface area contributed by atoms with Gasteiger partial charge in [0, 0.05) is 30.9 Å². The molecule has 0 spiro atoms. The second kappa shape index (κ2) is 7.42. The van der Waals surface area contributed by atoms with E-state index in [1.54, 1.807) is 35.1 Å². The van der Waals surface area contributed by atoms with Crippen LogP contribution in [0.3, 0.4) is 0 Å². The number of nitrogens with zero attached hydrogens (tertiary/aromatic N) is 5. The van der Waals surface area contributed by atoms with E-state index >= 15 is 0 Å². The Bertz CT molecular complexity index is 1030. The Morgan fingerprint density at radius 1 is 1.04 bits per heavy atom. The van der Waals surface area contributed by atoms with E-state index in [9.17, 15) is 4.79 Å². The van der Waals surface area contributed by atoms with Crippen molar-refractivity contribution in [3.63, 3.8) is 0 Å². The molecule has 0 N–H and O–H groups in total. The van der Waals surface area contributed by atoms with Crippen LogP contribution in [0.2, 0.25) is 0 Å². The maximum absolute atomic E-state index is 12.4. The molecule has 1 aliphatic rings. The lowest BCUT2D eigenvalue weighted by atomic mass is 10.0. The van der Waals surface area contributed by atoms with E-state index in [-0.39, 0.29) is 11.6 Å². The zero-order valence-electron chi connectivity index (χ0n) is 14.8. The molecule has 0 atom stereocenters. The van der Waals surface area contributed by atoms with Crippen LogP contribution in [0.25, 0.3) is 11.3 Å². The molecule has 0 saturated carbocycles. The minimum atomic E-state index is -0.0715. The normalized spacial score (nSPS) is 14.7. The lowest BCUT2D eigenvalue weighted by Gasteiger charge is -2.33. The first-order valence-corrected chi connectivity index (χ1v) is 9.01. The Morgan fingerprint density at radius 2 is 1.81 bits per heavy atom. The number of rotatable bonds is 3. The summed E-state index contributed by atoms with van der Waals surface area (Å²) in [4.78, 5) is 18.9. The van der Waals surface area contributed by atoms with Gasteiger partial charge in [0.25, 0.3) is 5.56 Å². The molecule has 6 heteroatoms. The van der Waals surface area contributed by atoms with Crippen molar-refractivity contribution in [1.82, 2.24) is 14.8 Å². The van der Waals surface area contributed by atoms with Crippen LogP contribution in [-0.2, 0) is 0 Å². The van der Waals surface area contributed by atoms with Gasteiger partial charge in [0.15, 0.2) is 0 Å². The van der Waals surface area contributed by atoms with Gasteiger partial charge in [-0.15, -0.1) is 0 Å². The molecule has 6 nitrogen and oxygen atoms in total. The number of piperidine rings is 1. The van der Waals surface area contributed by atoms with Crippen LogP contribution >= 0.6 is 0 Å². The average molecular weight is 357 g/mol. The van der Waals surface area contributed by atoms with Crippen LogP contribution in [0.15, 0.2) is 65.6 Å². The monoisotopic (exact) mass is 357 g/mol. The van der Waals surface area contributed by atoms with E-state index in [2.05, 4.69) is 21.1 Å². The standard InChI is InChI=1S/C21H19N5O/c22-15-16-8-11-23-20(14-16)25-12-9-18(10-13-25)26-21(27)7-6-19(24-26)17-4-2-1-3-5-17/h1-8,11,14,18H,9-10,12-13H2. The van der Waals surface area contributed by atoms with Crippen molar-refractivity contribution in [1.29, 1.82) is 5.26 Å². The zero-order chi connectivity index (χ0) is 18.6. The van der Waals surface area contributed by atoms with Gasteiger partial charge < -0.3 is 4.90 Å². The summed E-state index contributed by atoms with van der Waals surface area (Å²) in [5.74, 6) is 0.811. The van der Waals surface area contributed by atoms with E-state index in [1.165, 1.54) is 0 Å². The molecule has 3 heterocycles. The maximum Gasteiger partial charge on any atom is 0.267 e. The number of nitriles is 1. The number of hydrogen-bond acceptors (Lipinski definition) is 5. The second-order valence-corrected chi connectivity index (χ2v) is 6.60. The number of aromatic nitrogens is 3. The SMILES string of the molecule is N#Cc1ccnc(N2CCC(n3nc(-c4ccccc4)ccc3=O)CC2)c1. The van der Waals surface area contributed by atoms with E-state index in [0.29, 0.717) is 5.56 Å². The molecule has 0 radical (unpaired) electrons. The Balaban J connectivity index is 1.53. The van der Waals surface area contributed by atoms with E-state index in [1.807, 2.05) is 30.3 Å². The number of pyridine rings is 1. The van der Waals surface area contributed by atoms with E-state index < -0.39 is 0 Å². The van der Waals surface area contributed by atoms with E-state index in [4.69, 9.17) is 5.26 Å². The number of hydrogen-bond donors (Lipinski definition) is 0. The molecule has 2 aromatic heterocycles. The molecule has 3 aromatic rings. The van der Waals surface area contributed by atoms with Crippen molar-refractivity contribution in [2.75, 3.05) is 18.0 Å². The van der Waals surface area contributed by atoms with Crippen molar-refractivity contribution in [2.45, 2.75) is 18.9 Å². The molecule has 0 unspecified atom stereocenters. The molecule has 1 aromatic carbocycles. The lowest BCUT2D eigenvalue weighted by molar-refractivity contribution is 0.353. The molecule has 1 aliphatic heterocycles. The fourth-order valence-corrected chi connectivity index (χ4v) is 3.45. The van der Waals surface area contributed by atoms with Gasteiger partial charge in [-0.3, -0.25) is 4.79 Å². The second-order valence-electron chi connectivity index (χ2n) is 6.60. The van der Waals surface area contributed by atoms with Gasteiger partial charge in [0.1, 0.15) is 5.82 Å². The summed E-state index contributed by atoms with van der Waals surface area (Å²) in [7, 11) is 0. The first-order chi connectivity index (χ1) is 13.2. The van der Waals surface area contributed by atoms with Gasteiger partial charge in [0.05, 0.1) is 23.4 Å². The van der Waals surface area contributed by atoms with Crippen molar-refractivity contribution < 1.29 is 0 Å². The predicted molar refractivity (Wildman–Crippen MR) is 103 cm³/mol. The Hall–Kier alpha value is -3.46. The van der Waals surface area contributed by atoms with Gasteiger partial charge in [-0.25, -0.2) is 9.67 Å². The fourth-order valence-electron chi connectivity index (χ4n) is 3.45. The third-order valence-electron chi connectivity index (χ3n) is 4.90. The molecule has 0 amide bonds. The highest BCUT2D eigenvalue weighted by Gasteiger charge is 2.23. The van der Waals surface area contributed by atoms with E-state index in [0.717, 1.165) is 43.0 Å². The summed E-state index contributed by atoms with van der Waals surface area (Å²) in [6, 6.07) is 19.0. The van der Waals surface area contributed by atoms with Crippen LogP contribution in [0.4, 0.5) is 5.82 Å². The molecule has 1 fully saturated rings. The summed E-state index contributed by atoms with van der Waals surface area (Å²) in [5.41, 5.74) is 2.34. The van der Waals surface area contributed by atoms with Crippen molar-refractivity contribution in [2.24, 2.45) is 0 Å². The molecule has 134 valence electrons. The fraction of sp³-hybridized carbons (Fsp3) is 0.238. The Labute approximate surface area is 157 Å². The first kappa shape index (κ1) is 17.0. The third kappa shape index (κ3) is 3.58. The molecule has 27 heavy (non-hydrogen) atoms. The third-order valence-corrected chi connectivity index (χ3v) is 4.90. The van der Waals surface area contributed by atoms with Gasteiger partial charge in [-0.05, 0) is 31.0 Å². The summed E-state index contributed by atoms with van der Waals surface area (Å²) >= 11 is 0. The molecule has 1 saturated heterocycles. The van der Waals surface area contributed by atoms with Crippen molar-refractivity contribution in [3.8, 4) is 17.3 Å². The number of anilines is 1. The van der Waals surface area contributed by atoms with Crippen LogP contribution in [-0.4, -0.2) is 27.9 Å². The summed E-state index contributed by atoms with van der Waals surface area (Å²) in [5, 5.41) is 13.7. The van der Waals surface area contributed by atoms with Gasteiger partial charge >= 0.3 is 0 Å². The highest BCUT2D eigenvalue weighted by molar-refractivity contribution is 5.57. The highest BCUT2D eigenvalue weighted by Crippen LogP contribution is 2.25. The highest BCUT2D eigenvalue weighted by atomic mass is 16.1. The minimum Gasteiger partial charge on any atom is -0.356 e. The summed E-state index contributed by atoms with van der Waals surface area (Å²) in [6.45, 7) is 1.55. The summed E-state index contributed by atoms with van der Waals surface area (Å²) in [6.07, 6.45) is 3.28. The molecule has 0 bridgehead atoms. The van der Waals surface area contributed by atoms with Crippen LogP contribution in [0, 0.1) is 11.3 Å². The minimum absolute atomic E-state index is 0.0663. The first-order valence-electron chi connectivity index (χ1n) is 9.01. The van der Waals surface area contributed by atoms with Crippen LogP contribution < -0.4 is 10.5 Å². The van der Waals surface area contributed by atoms with Gasteiger partial charge in [-0.1, -0.05) is 30.3 Å². The molecule has 0 aliphatic carbocycles. The lowest BCUT2D eigenvalue weighted by Crippen LogP contribution is -2.38. The van der Waals surface area contributed by atoms with Crippen LogP contribution in [0.1, 0.15) is 24.4 Å². The molecule has 4 rings (SSSR count). The smallest absolute Gasteiger partial charge is 0.267 e. The molecular weight excluding hydrogens is 338 g/mol. The van der Waals surface area contributed by atoms with Crippen LogP contribution in [0.5, 0.6) is 0 Å². The van der Waals surface area contributed by atoms with Crippen molar-refractivity contribution >= 4 is 5.82 Å². The molecular formula is C21H19N5O. The average Bonchev–Trinajstić information content (AvgIpc) is 2.75. The van der Waals surface area contributed by atoms with Crippen molar-refractivity contribution in [3.05, 3.63) is 76.7 Å². The van der Waals surface area contributed by atoms with Gasteiger partial charge in [-0.2, -0.15) is 10.4 Å². The topological polar surface area (TPSA) is 74.8 Å². The van der Waals surface area contributed by atoms with Gasteiger partial charge in [0.2, 0.25) is 0 Å². The zero-order valence-corrected chi connectivity index (χ0v) is 14.8. The quantitative estimate of drug-likeness (QED) is 0.720.